The number of hydrogen-bond donors (Lipinski definition) is 1. The summed E-state index contributed by atoms with van der Waals surface area (Å²) in [5.74, 6) is 0.116. The van der Waals surface area contributed by atoms with Gasteiger partial charge in [-0.2, -0.15) is 5.10 Å². The Labute approximate surface area is 63.1 Å². The highest BCUT2D eigenvalue weighted by Gasteiger charge is 2.01. The smallest absolute Gasteiger partial charge is 0.197 e. The van der Waals surface area contributed by atoms with Crippen LogP contribution in [0.5, 0.6) is 5.75 Å². The van der Waals surface area contributed by atoms with Crippen molar-refractivity contribution in [2.45, 2.75) is 6.92 Å². The molecule has 2 heterocycles. The number of rotatable bonds is 0. The van der Waals surface area contributed by atoms with Crippen LogP contribution in [0.4, 0.5) is 0 Å². The SMILES string of the molecule is Cc1cnc2c(O)cnn2c1. The van der Waals surface area contributed by atoms with Gasteiger partial charge < -0.3 is 5.11 Å². The molecule has 4 nitrogen and oxygen atoms in total. The molecule has 4 heteroatoms. The van der Waals surface area contributed by atoms with E-state index in [-0.39, 0.29) is 5.75 Å². The van der Waals surface area contributed by atoms with Gasteiger partial charge in [0.1, 0.15) is 0 Å². The molecule has 11 heavy (non-hydrogen) atoms. The standard InChI is InChI=1S/C7H7N3O/c1-5-2-8-7-6(11)3-9-10(7)4-5/h2-4,11H,1H3. The fraction of sp³-hybridized carbons (Fsp3) is 0.143. The molecule has 0 aliphatic rings. The second kappa shape index (κ2) is 1.95. The van der Waals surface area contributed by atoms with Crippen molar-refractivity contribution in [2.75, 3.05) is 0 Å². The predicted molar refractivity (Wildman–Crippen MR) is 39.4 cm³/mol. The predicted octanol–water partition coefficient (Wildman–Crippen LogP) is 0.743. The summed E-state index contributed by atoms with van der Waals surface area (Å²) < 4.78 is 1.55. The van der Waals surface area contributed by atoms with Gasteiger partial charge in [0.2, 0.25) is 0 Å². The summed E-state index contributed by atoms with van der Waals surface area (Å²) in [5.41, 5.74) is 1.51. The molecule has 0 atom stereocenters. The van der Waals surface area contributed by atoms with Gasteiger partial charge in [0.05, 0.1) is 6.20 Å². The second-order valence-corrected chi connectivity index (χ2v) is 2.43. The molecule has 0 saturated carbocycles. The summed E-state index contributed by atoms with van der Waals surface area (Å²) in [6.45, 7) is 1.92. The third-order valence-corrected chi connectivity index (χ3v) is 1.47. The largest absolute Gasteiger partial charge is 0.503 e. The van der Waals surface area contributed by atoms with E-state index in [9.17, 15) is 0 Å². The quantitative estimate of drug-likeness (QED) is 0.601. The van der Waals surface area contributed by atoms with E-state index in [2.05, 4.69) is 10.1 Å². The van der Waals surface area contributed by atoms with E-state index in [4.69, 9.17) is 5.11 Å². The van der Waals surface area contributed by atoms with Crippen LogP contribution in [0.2, 0.25) is 0 Å². The molecule has 0 aliphatic carbocycles. The zero-order valence-electron chi connectivity index (χ0n) is 6.02. The first-order chi connectivity index (χ1) is 5.27. The van der Waals surface area contributed by atoms with E-state index >= 15 is 0 Å². The number of aromatic nitrogens is 3. The van der Waals surface area contributed by atoms with Crippen molar-refractivity contribution in [3.63, 3.8) is 0 Å². The van der Waals surface area contributed by atoms with E-state index in [1.807, 2.05) is 13.1 Å². The molecule has 0 aromatic carbocycles. The van der Waals surface area contributed by atoms with Gasteiger partial charge in [-0.05, 0) is 12.5 Å². The van der Waals surface area contributed by atoms with E-state index in [0.717, 1.165) is 5.56 Å². The molecule has 2 rings (SSSR count). The van der Waals surface area contributed by atoms with Gasteiger partial charge in [-0.1, -0.05) is 0 Å². The monoisotopic (exact) mass is 149 g/mol. The highest BCUT2D eigenvalue weighted by atomic mass is 16.3. The molecule has 0 fully saturated rings. The Morgan fingerprint density at radius 3 is 3.09 bits per heavy atom. The average molecular weight is 149 g/mol. The van der Waals surface area contributed by atoms with Crippen LogP contribution in [0.3, 0.4) is 0 Å². The lowest BCUT2D eigenvalue weighted by atomic mass is 10.4. The molecule has 0 amide bonds. The molecule has 56 valence electrons. The van der Waals surface area contributed by atoms with Gasteiger partial charge in [0, 0.05) is 12.4 Å². The van der Waals surface area contributed by atoms with Crippen LogP contribution in [-0.4, -0.2) is 19.7 Å². The number of fused-ring (bicyclic) bond motifs is 1. The molecule has 2 aromatic rings. The lowest BCUT2D eigenvalue weighted by Gasteiger charge is -1.92. The number of nitrogens with zero attached hydrogens (tertiary/aromatic N) is 3. The van der Waals surface area contributed by atoms with Gasteiger partial charge in [-0.25, -0.2) is 9.50 Å². The fourth-order valence-corrected chi connectivity index (χ4v) is 0.956. The first-order valence-electron chi connectivity index (χ1n) is 3.26. The van der Waals surface area contributed by atoms with Crippen LogP contribution in [-0.2, 0) is 0 Å². The van der Waals surface area contributed by atoms with E-state index in [1.165, 1.54) is 6.20 Å². The molecular weight excluding hydrogens is 142 g/mol. The average Bonchev–Trinajstić information content (AvgIpc) is 2.32. The Hall–Kier alpha value is -1.58. The van der Waals surface area contributed by atoms with Gasteiger partial charge >= 0.3 is 0 Å². The van der Waals surface area contributed by atoms with Crippen molar-refractivity contribution in [1.29, 1.82) is 0 Å². The lowest BCUT2D eigenvalue weighted by molar-refractivity contribution is 0.480. The van der Waals surface area contributed by atoms with Crippen LogP contribution in [0.25, 0.3) is 5.65 Å². The summed E-state index contributed by atoms with van der Waals surface area (Å²) in [5, 5.41) is 13.0. The van der Waals surface area contributed by atoms with E-state index in [1.54, 1.807) is 10.7 Å². The molecule has 2 aromatic heterocycles. The highest BCUT2D eigenvalue weighted by molar-refractivity contribution is 5.50. The fourth-order valence-electron chi connectivity index (χ4n) is 0.956. The van der Waals surface area contributed by atoms with Gasteiger partial charge in [0.25, 0.3) is 0 Å². The van der Waals surface area contributed by atoms with Crippen LogP contribution in [0.1, 0.15) is 5.56 Å². The minimum atomic E-state index is 0.116. The number of aromatic hydroxyl groups is 1. The molecule has 0 saturated heterocycles. The highest BCUT2D eigenvalue weighted by Crippen LogP contribution is 2.13. The normalized spacial score (nSPS) is 10.6. The number of hydrogen-bond acceptors (Lipinski definition) is 3. The number of aryl methyl sites for hydroxylation is 1. The minimum absolute atomic E-state index is 0.116. The summed E-state index contributed by atoms with van der Waals surface area (Å²) in [4.78, 5) is 3.99. The van der Waals surface area contributed by atoms with Crippen molar-refractivity contribution in [1.82, 2.24) is 14.6 Å². The lowest BCUT2D eigenvalue weighted by Crippen LogP contribution is -1.89. The summed E-state index contributed by atoms with van der Waals surface area (Å²) in [6.07, 6.45) is 4.88. The summed E-state index contributed by atoms with van der Waals surface area (Å²) >= 11 is 0. The Morgan fingerprint density at radius 1 is 1.45 bits per heavy atom. The van der Waals surface area contributed by atoms with Crippen molar-refractivity contribution in [2.24, 2.45) is 0 Å². The van der Waals surface area contributed by atoms with Crippen LogP contribution in [0, 0.1) is 6.92 Å². The minimum Gasteiger partial charge on any atom is -0.503 e. The third kappa shape index (κ3) is 0.832. The maximum absolute atomic E-state index is 9.16. The van der Waals surface area contributed by atoms with Gasteiger partial charge in [0.15, 0.2) is 11.4 Å². The molecular formula is C7H7N3O. The molecule has 1 N–H and O–H groups in total. The molecule has 0 unspecified atom stereocenters. The topological polar surface area (TPSA) is 50.4 Å². The Kier molecular flexibility index (Phi) is 1.09. The second-order valence-electron chi connectivity index (χ2n) is 2.43. The third-order valence-electron chi connectivity index (χ3n) is 1.47. The molecule has 0 bridgehead atoms. The van der Waals surface area contributed by atoms with E-state index < -0.39 is 0 Å². The van der Waals surface area contributed by atoms with Crippen molar-refractivity contribution >= 4 is 5.65 Å². The Bertz CT molecular complexity index is 393. The van der Waals surface area contributed by atoms with Crippen molar-refractivity contribution in [3.05, 3.63) is 24.2 Å². The first kappa shape index (κ1) is 6.15. The van der Waals surface area contributed by atoms with Crippen LogP contribution < -0.4 is 0 Å². The maximum atomic E-state index is 9.16. The van der Waals surface area contributed by atoms with Gasteiger partial charge in [-0.15, -0.1) is 0 Å². The zero-order valence-corrected chi connectivity index (χ0v) is 6.02. The zero-order chi connectivity index (χ0) is 7.84. The maximum Gasteiger partial charge on any atom is 0.197 e. The van der Waals surface area contributed by atoms with Crippen LogP contribution >= 0.6 is 0 Å². The summed E-state index contributed by atoms with van der Waals surface area (Å²) in [6, 6.07) is 0. The Balaban J connectivity index is 2.86. The van der Waals surface area contributed by atoms with Crippen LogP contribution in [0.15, 0.2) is 18.6 Å². The van der Waals surface area contributed by atoms with Crippen molar-refractivity contribution < 1.29 is 5.11 Å². The summed E-state index contributed by atoms with van der Waals surface area (Å²) in [7, 11) is 0. The molecule has 0 radical (unpaired) electrons. The Morgan fingerprint density at radius 2 is 2.27 bits per heavy atom. The van der Waals surface area contributed by atoms with Crippen molar-refractivity contribution in [3.8, 4) is 5.75 Å². The van der Waals surface area contributed by atoms with Gasteiger partial charge in [-0.3, -0.25) is 0 Å². The van der Waals surface area contributed by atoms with E-state index in [0.29, 0.717) is 5.65 Å². The first-order valence-corrected chi connectivity index (χ1v) is 3.26. The molecule has 0 spiro atoms. The molecule has 0 aliphatic heterocycles.